The Morgan fingerprint density at radius 3 is 2.96 bits per heavy atom. The summed E-state index contributed by atoms with van der Waals surface area (Å²) in [6, 6.07) is 8.56. The molecule has 2 heterocycles. The molecule has 1 aromatic carbocycles. The van der Waals surface area contributed by atoms with Gasteiger partial charge in [0, 0.05) is 12.4 Å². The van der Waals surface area contributed by atoms with Crippen LogP contribution in [0.3, 0.4) is 0 Å². The van der Waals surface area contributed by atoms with E-state index in [0.29, 0.717) is 23.3 Å². The van der Waals surface area contributed by atoms with Gasteiger partial charge in [0.1, 0.15) is 5.75 Å². The molecule has 0 spiro atoms. The summed E-state index contributed by atoms with van der Waals surface area (Å²) in [6.45, 7) is 1.68. The van der Waals surface area contributed by atoms with Gasteiger partial charge < -0.3 is 10.1 Å². The highest BCUT2D eigenvalue weighted by Crippen LogP contribution is 2.19. The van der Waals surface area contributed by atoms with Gasteiger partial charge in [-0.25, -0.2) is 4.98 Å². The monoisotopic (exact) mass is 324 g/mol. The molecule has 0 saturated heterocycles. The minimum absolute atomic E-state index is 0.199. The fraction of sp³-hybridized carbons (Fsp3) is 0.176. The third-order valence-corrected chi connectivity index (χ3v) is 3.55. The fourth-order valence-electron chi connectivity index (χ4n) is 2.43. The van der Waals surface area contributed by atoms with Gasteiger partial charge in [-0.2, -0.15) is 5.10 Å². The minimum Gasteiger partial charge on any atom is -0.483 e. The average molecular weight is 324 g/mol. The van der Waals surface area contributed by atoms with Gasteiger partial charge in [0.15, 0.2) is 18.5 Å². The number of aryl methyl sites for hydroxylation is 2. The molecule has 7 heteroatoms. The molecule has 0 bridgehead atoms. The molecule has 7 nitrogen and oxygen atoms in total. The molecule has 24 heavy (non-hydrogen) atoms. The normalized spacial score (nSPS) is 10.6. The predicted molar refractivity (Wildman–Crippen MR) is 89.2 cm³/mol. The molecular weight excluding hydrogens is 308 g/mol. The van der Waals surface area contributed by atoms with E-state index in [1.54, 1.807) is 35.1 Å². The molecule has 0 atom stereocenters. The second-order valence-electron chi connectivity index (χ2n) is 5.30. The summed E-state index contributed by atoms with van der Waals surface area (Å²) in [4.78, 5) is 27.3. The van der Waals surface area contributed by atoms with E-state index in [4.69, 9.17) is 4.74 Å². The van der Waals surface area contributed by atoms with E-state index < -0.39 is 0 Å². The van der Waals surface area contributed by atoms with Crippen LogP contribution in [0.15, 0.2) is 36.5 Å². The minimum atomic E-state index is -0.335. The quantitative estimate of drug-likeness (QED) is 0.726. The second-order valence-corrected chi connectivity index (χ2v) is 5.30. The summed E-state index contributed by atoms with van der Waals surface area (Å²) in [7, 11) is 1.82. The highest BCUT2D eigenvalue weighted by molar-refractivity contribution is 5.94. The second kappa shape index (κ2) is 6.49. The summed E-state index contributed by atoms with van der Waals surface area (Å²) in [5.74, 6) is 0.0396. The summed E-state index contributed by atoms with van der Waals surface area (Å²) in [5, 5.41) is 7.89. The van der Waals surface area contributed by atoms with Gasteiger partial charge >= 0.3 is 0 Å². The molecule has 3 rings (SSSR count). The Morgan fingerprint density at radius 2 is 2.17 bits per heavy atom. The number of nitrogens with one attached hydrogen (secondary N) is 1. The first-order chi connectivity index (χ1) is 11.6. The van der Waals surface area contributed by atoms with Crippen LogP contribution >= 0.6 is 0 Å². The number of ether oxygens (including phenoxy) is 1. The zero-order valence-corrected chi connectivity index (χ0v) is 13.3. The van der Waals surface area contributed by atoms with Crippen molar-refractivity contribution < 1.29 is 14.3 Å². The van der Waals surface area contributed by atoms with Crippen LogP contribution in [0.25, 0.3) is 11.0 Å². The lowest BCUT2D eigenvalue weighted by molar-refractivity contribution is -0.118. The van der Waals surface area contributed by atoms with E-state index in [0.717, 1.165) is 16.7 Å². The third-order valence-electron chi connectivity index (χ3n) is 3.55. The number of nitrogens with zero attached hydrogens (tertiary/aromatic N) is 3. The standard InChI is InChI=1S/C17H16N4O3/c1-11-14-7-13(8-18-17(14)21(2)20-11)19-16(23)10-24-15-6-4-3-5-12(15)9-22/h3-9H,10H2,1-2H3,(H,19,23). The molecule has 1 amide bonds. The Balaban J connectivity index is 1.69. The molecule has 0 radical (unpaired) electrons. The molecule has 1 N–H and O–H groups in total. The van der Waals surface area contributed by atoms with Gasteiger partial charge in [0.25, 0.3) is 5.91 Å². The molecule has 0 aliphatic rings. The maximum atomic E-state index is 12.0. The number of carbonyl (C=O) groups excluding carboxylic acids is 2. The van der Waals surface area contributed by atoms with E-state index >= 15 is 0 Å². The number of pyridine rings is 1. The lowest BCUT2D eigenvalue weighted by atomic mass is 10.2. The first-order valence-corrected chi connectivity index (χ1v) is 7.34. The van der Waals surface area contributed by atoms with Crippen LogP contribution in [0.1, 0.15) is 16.1 Å². The van der Waals surface area contributed by atoms with Crippen molar-refractivity contribution in [2.24, 2.45) is 7.05 Å². The van der Waals surface area contributed by atoms with Crippen LogP contribution in [0.5, 0.6) is 5.75 Å². The number of aromatic nitrogens is 3. The van der Waals surface area contributed by atoms with Crippen LogP contribution in [-0.2, 0) is 11.8 Å². The molecule has 122 valence electrons. The largest absolute Gasteiger partial charge is 0.483 e. The summed E-state index contributed by atoms with van der Waals surface area (Å²) >= 11 is 0. The number of hydrogen-bond donors (Lipinski definition) is 1. The van der Waals surface area contributed by atoms with Gasteiger partial charge in [-0.05, 0) is 25.1 Å². The highest BCUT2D eigenvalue weighted by atomic mass is 16.5. The van der Waals surface area contributed by atoms with Gasteiger partial charge in [0.05, 0.1) is 23.1 Å². The summed E-state index contributed by atoms with van der Waals surface area (Å²) in [6.07, 6.45) is 2.26. The van der Waals surface area contributed by atoms with Crippen molar-refractivity contribution in [1.82, 2.24) is 14.8 Å². The molecule has 0 fully saturated rings. The molecule has 0 aliphatic carbocycles. The van der Waals surface area contributed by atoms with Crippen molar-refractivity contribution in [3.05, 3.63) is 47.8 Å². The van der Waals surface area contributed by atoms with E-state index in [1.165, 1.54) is 0 Å². The Bertz CT molecular complexity index is 917. The first kappa shape index (κ1) is 15.7. The number of aldehydes is 1. The number of anilines is 1. The number of amides is 1. The van der Waals surface area contributed by atoms with E-state index in [1.807, 2.05) is 20.0 Å². The zero-order chi connectivity index (χ0) is 17.1. The molecule has 3 aromatic rings. The fourth-order valence-corrected chi connectivity index (χ4v) is 2.43. The van der Waals surface area contributed by atoms with Crippen molar-refractivity contribution >= 4 is 28.9 Å². The number of rotatable bonds is 5. The highest BCUT2D eigenvalue weighted by Gasteiger charge is 2.10. The average Bonchev–Trinajstić information content (AvgIpc) is 2.87. The molecule has 0 saturated carbocycles. The molecule has 2 aromatic heterocycles. The lowest BCUT2D eigenvalue weighted by Gasteiger charge is -2.09. The van der Waals surface area contributed by atoms with Gasteiger partial charge in [-0.1, -0.05) is 12.1 Å². The van der Waals surface area contributed by atoms with Crippen molar-refractivity contribution in [1.29, 1.82) is 0 Å². The van der Waals surface area contributed by atoms with Crippen LogP contribution in [0.2, 0.25) is 0 Å². The Kier molecular flexibility index (Phi) is 4.24. The Morgan fingerprint density at radius 1 is 1.38 bits per heavy atom. The summed E-state index contributed by atoms with van der Waals surface area (Å²) < 4.78 is 7.09. The molecule has 0 unspecified atom stereocenters. The van der Waals surface area contributed by atoms with Gasteiger partial charge in [-0.3, -0.25) is 14.3 Å². The first-order valence-electron chi connectivity index (χ1n) is 7.34. The summed E-state index contributed by atoms with van der Waals surface area (Å²) in [5.41, 5.74) is 2.56. The zero-order valence-electron chi connectivity index (χ0n) is 13.3. The van der Waals surface area contributed by atoms with Crippen LogP contribution in [-0.4, -0.2) is 33.6 Å². The number of benzene rings is 1. The number of hydrogen-bond acceptors (Lipinski definition) is 5. The van der Waals surface area contributed by atoms with Gasteiger partial charge in [-0.15, -0.1) is 0 Å². The maximum absolute atomic E-state index is 12.0. The predicted octanol–water partition coefficient (Wildman–Crippen LogP) is 2.11. The number of carbonyl (C=O) groups is 2. The Labute approximate surface area is 138 Å². The van der Waals surface area contributed by atoms with Crippen LogP contribution in [0.4, 0.5) is 5.69 Å². The topological polar surface area (TPSA) is 86.1 Å². The Hall–Kier alpha value is -3.22. The number of para-hydroxylation sites is 1. The van der Waals surface area contributed by atoms with Crippen LogP contribution < -0.4 is 10.1 Å². The van der Waals surface area contributed by atoms with Crippen molar-refractivity contribution in [3.8, 4) is 5.75 Å². The third kappa shape index (κ3) is 3.10. The maximum Gasteiger partial charge on any atom is 0.262 e. The molecule has 0 aliphatic heterocycles. The van der Waals surface area contributed by atoms with Crippen LogP contribution in [0, 0.1) is 6.92 Å². The smallest absolute Gasteiger partial charge is 0.262 e. The van der Waals surface area contributed by atoms with Gasteiger partial charge in [0.2, 0.25) is 0 Å². The molecular formula is C17H16N4O3. The SMILES string of the molecule is Cc1nn(C)c2ncc(NC(=O)COc3ccccc3C=O)cc12. The van der Waals surface area contributed by atoms with Crippen molar-refractivity contribution in [2.75, 3.05) is 11.9 Å². The van der Waals surface area contributed by atoms with E-state index in [2.05, 4.69) is 15.4 Å². The lowest BCUT2D eigenvalue weighted by Crippen LogP contribution is -2.20. The number of fused-ring (bicyclic) bond motifs is 1. The van der Waals surface area contributed by atoms with E-state index in [9.17, 15) is 9.59 Å². The van der Waals surface area contributed by atoms with E-state index in [-0.39, 0.29) is 12.5 Å². The van der Waals surface area contributed by atoms with Crippen molar-refractivity contribution in [3.63, 3.8) is 0 Å². The van der Waals surface area contributed by atoms with Crippen molar-refractivity contribution in [2.45, 2.75) is 6.92 Å².